The Morgan fingerprint density at radius 3 is 2.20 bits per heavy atom. The molecule has 0 fully saturated rings. The molecule has 2 aromatic carbocycles. The molecule has 0 heterocycles. The molecule has 0 atom stereocenters. The molecule has 2 rings (SSSR count). The van der Waals surface area contributed by atoms with Crippen LogP contribution < -0.4 is 4.74 Å². The van der Waals surface area contributed by atoms with Crippen molar-refractivity contribution in [2.75, 3.05) is 0 Å². The summed E-state index contributed by atoms with van der Waals surface area (Å²) in [7, 11) is 0. The van der Waals surface area contributed by atoms with E-state index in [0.29, 0.717) is 5.56 Å². The minimum Gasteiger partial charge on any atom is -0.398 e. The first-order valence-electron chi connectivity index (χ1n) is 5.47. The fourth-order valence-electron chi connectivity index (χ4n) is 1.74. The summed E-state index contributed by atoms with van der Waals surface area (Å²) < 4.78 is 41.1. The second-order valence-electron chi connectivity index (χ2n) is 3.82. The summed E-state index contributed by atoms with van der Waals surface area (Å²) in [5.41, 5.74) is -0.323. The number of para-hydroxylation sites is 1. The Balaban J connectivity index is 2.62. The van der Waals surface area contributed by atoms with Gasteiger partial charge in [0.2, 0.25) is 5.75 Å². The lowest BCUT2D eigenvalue weighted by atomic mass is 10.0. The SMILES string of the molecule is O=[N+]([O-])c1cccc(-c2ccccc2)c1OC(F)(F)F. The smallest absolute Gasteiger partial charge is 0.398 e. The van der Waals surface area contributed by atoms with Gasteiger partial charge >= 0.3 is 12.0 Å². The standard InChI is InChI=1S/C13H8F3NO3/c14-13(15,16)20-12-10(9-5-2-1-3-6-9)7-4-8-11(12)17(18)19/h1-8H. The van der Waals surface area contributed by atoms with Gasteiger partial charge in [0.1, 0.15) is 0 Å². The molecule has 0 aliphatic rings. The Bertz CT molecular complexity index is 627. The van der Waals surface area contributed by atoms with Crippen LogP contribution in [0, 0.1) is 10.1 Å². The second-order valence-corrected chi connectivity index (χ2v) is 3.82. The van der Waals surface area contributed by atoms with E-state index < -0.39 is 22.7 Å². The van der Waals surface area contributed by atoms with Crippen LogP contribution in [-0.4, -0.2) is 11.3 Å². The number of halogens is 3. The number of nitro groups is 1. The first-order valence-corrected chi connectivity index (χ1v) is 5.47. The van der Waals surface area contributed by atoms with Crippen LogP contribution in [0.4, 0.5) is 18.9 Å². The predicted molar refractivity (Wildman–Crippen MR) is 65.2 cm³/mol. The fourth-order valence-corrected chi connectivity index (χ4v) is 1.74. The monoisotopic (exact) mass is 283 g/mol. The van der Waals surface area contributed by atoms with Gasteiger partial charge in [-0.1, -0.05) is 42.5 Å². The van der Waals surface area contributed by atoms with Crippen molar-refractivity contribution in [2.24, 2.45) is 0 Å². The number of rotatable bonds is 3. The molecule has 104 valence electrons. The maximum atomic E-state index is 12.4. The molecule has 0 aromatic heterocycles. The molecule has 0 saturated carbocycles. The number of ether oxygens (including phenoxy) is 1. The van der Waals surface area contributed by atoms with Gasteiger partial charge in [-0.25, -0.2) is 0 Å². The van der Waals surface area contributed by atoms with E-state index >= 15 is 0 Å². The van der Waals surface area contributed by atoms with Gasteiger partial charge < -0.3 is 4.74 Å². The minimum absolute atomic E-state index is 0.0112. The lowest BCUT2D eigenvalue weighted by Crippen LogP contribution is -2.18. The minimum atomic E-state index is -5.00. The van der Waals surface area contributed by atoms with Crippen molar-refractivity contribution in [1.82, 2.24) is 0 Å². The third-order valence-electron chi connectivity index (χ3n) is 2.49. The Kier molecular flexibility index (Phi) is 3.60. The normalized spacial score (nSPS) is 11.2. The van der Waals surface area contributed by atoms with Crippen LogP contribution in [0.1, 0.15) is 0 Å². The molecule has 7 heteroatoms. The summed E-state index contributed by atoms with van der Waals surface area (Å²) in [6, 6.07) is 11.6. The van der Waals surface area contributed by atoms with Crippen molar-refractivity contribution in [1.29, 1.82) is 0 Å². The molecule has 0 N–H and O–H groups in total. The third kappa shape index (κ3) is 3.05. The van der Waals surface area contributed by atoms with Crippen LogP contribution in [0.2, 0.25) is 0 Å². The summed E-state index contributed by atoms with van der Waals surface area (Å²) in [6.07, 6.45) is -5.00. The van der Waals surface area contributed by atoms with Gasteiger partial charge in [0.25, 0.3) is 0 Å². The lowest BCUT2D eigenvalue weighted by molar-refractivity contribution is -0.388. The van der Waals surface area contributed by atoms with Crippen molar-refractivity contribution in [3.05, 3.63) is 58.6 Å². The van der Waals surface area contributed by atoms with Gasteiger partial charge in [-0.15, -0.1) is 13.2 Å². The zero-order valence-electron chi connectivity index (χ0n) is 9.92. The van der Waals surface area contributed by atoms with Gasteiger partial charge in [-0.3, -0.25) is 10.1 Å². The Labute approximate surface area is 111 Å². The van der Waals surface area contributed by atoms with Gasteiger partial charge in [0, 0.05) is 11.6 Å². The molecule has 4 nitrogen and oxygen atoms in total. The van der Waals surface area contributed by atoms with Gasteiger partial charge in [-0.05, 0) is 5.56 Å². The molecular formula is C13H8F3NO3. The molecule has 0 spiro atoms. The summed E-state index contributed by atoms with van der Waals surface area (Å²) in [4.78, 5) is 9.94. The Morgan fingerprint density at radius 2 is 1.65 bits per heavy atom. The van der Waals surface area contributed by atoms with E-state index in [4.69, 9.17) is 0 Å². The Hall–Kier alpha value is -2.57. The zero-order chi connectivity index (χ0) is 14.8. The predicted octanol–water partition coefficient (Wildman–Crippen LogP) is 4.16. The van der Waals surface area contributed by atoms with Crippen molar-refractivity contribution in [2.45, 2.75) is 6.36 Å². The summed E-state index contributed by atoms with van der Waals surface area (Å²) in [5.74, 6) is -0.809. The third-order valence-corrected chi connectivity index (χ3v) is 2.49. The van der Waals surface area contributed by atoms with E-state index in [1.807, 2.05) is 0 Å². The first kappa shape index (κ1) is 13.9. The van der Waals surface area contributed by atoms with E-state index in [1.54, 1.807) is 30.3 Å². The quantitative estimate of drug-likeness (QED) is 0.627. The van der Waals surface area contributed by atoms with Gasteiger partial charge in [0.05, 0.1) is 4.92 Å². The largest absolute Gasteiger partial charge is 0.573 e. The molecule has 0 aliphatic heterocycles. The van der Waals surface area contributed by atoms with Crippen LogP contribution in [0.15, 0.2) is 48.5 Å². The number of benzene rings is 2. The van der Waals surface area contributed by atoms with Crippen LogP contribution in [0.5, 0.6) is 5.75 Å². The maximum Gasteiger partial charge on any atom is 0.573 e. The van der Waals surface area contributed by atoms with Gasteiger partial charge in [0.15, 0.2) is 0 Å². The number of nitrogens with zero attached hydrogens (tertiary/aromatic N) is 1. The number of hydrogen-bond acceptors (Lipinski definition) is 3. The average molecular weight is 283 g/mol. The highest BCUT2D eigenvalue weighted by Crippen LogP contribution is 2.40. The van der Waals surface area contributed by atoms with E-state index in [-0.39, 0.29) is 5.56 Å². The van der Waals surface area contributed by atoms with E-state index in [1.165, 1.54) is 12.1 Å². The molecule has 2 aromatic rings. The van der Waals surface area contributed by atoms with Crippen LogP contribution in [0.3, 0.4) is 0 Å². The van der Waals surface area contributed by atoms with Crippen molar-refractivity contribution < 1.29 is 22.8 Å². The Morgan fingerprint density at radius 1 is 1.00 bits per heavy atom. The molecule has 0 amide bonds. The average Bonchev–Trinajstić information content (AvgIpc) is 2.38. The highest BCUT2D eigenvalue weighted by atomic mass is 19.4. The van der Waals surface area contributed by atoms with Crippen molar-refractivity contribution in [3.8, 4) is 16.9 Å². The second kappa shape index (κ2) is 5.20. The molecule has 20 heavy (non-hydrogen) atoms. The van der Waals surface area contributed by atoms with Crippen LogP contribution >= 0.6 is 0 Å². The number of nitro benzene ring substituents is 1. The topological polar surface area (TPSA) is 52.4 Å². The van der Waals surface area contributed by atoms with E-state index in [2.05, 4.69) is 4.74 Å². The highest BCUT2D eigenvalue weighted by Gasteiger charge is 2.36. The fraction of sp³-hybridized carbons (Fsp3) is 0.0769. The van der Waals surface area contributed by atoms with Crippen LogP contribution in [-0.2, 0) is 0 Å². The summed E-state index contributed by atoms with van der Waals surface area (Å²) in [6.45, 7) is 0. The van der Waals surface area contributed by atoms with Gasteiger partial charge in [-0.2, -0.15) is 0 Å². The summed E-state index contributed by atoms with van der Waals surface area (Å²) in [5, 5.41) is 10.8. The molecule has 0 unspecified atom stereocenters. The first-order chi connectivity index (χ1) is 9.38. The lowest BCUT2D eigenvalue weighted by Gasteiger charge is -2.13. The van der Waals surface area contributed by atoms with Crippen LogP contribution in [0.25, 0.3) is 11.1 Å². The molecule has 0 aliphatic carbocycles. The van der Waals surface area contributed by atoms with E-state index in [0.717, 1.165) is 6.07 Å². The number of alkyl halides is 3. The maximum absolute atomic E-state index is 12.4. The molecule has 0 saturated heterocycles. The van der Waals surface area contributed by atoms with E-state index in [9.17, 15) is 23.3 Å². The molecule has 0 bridgehead atoms. The summed E-state index contributed by atoms with van der Waals surface area (Å²) >= 11 is 0. The molecular weight excluding hydrogens is 275 g/mol. The number of hydrogen-bond donors (Lipinski definition) is 0. The van der Waals surface area contributed by atoms with Crippen molar-refractivity contribution >= 4 is 5.69 Å². The molecule has 0 radical (unpaired) electrons. The van der Waals surface area contributed by atoms with Crippen molar-refractivity contribution in [3.63, 3.8) is 0 Å². The highest BCUT2D eigenvalue weighted by molar-refractivity contribution is 5.75. The zero-order valence-corrected chi connectivity index (χ0v) is 9.92.